The second-order valence-corrected chi connectivity index (χ2v) is 23.6. The normalized spacial score (nSPS) is 9.59. The first-order valence-electron chi connectivity index (χ1n) is 31.5. The Kier molecular flexibility index (Phi) is 42.2. The van der Waals surface area contributed by atoms with Gasteiger partial charge in [-0.1, -0.05) is 26.8 Å². The number of aliphatic hydroxyl groups is 1. The molecule has 0 aromatic heterocycles. The summed E-state index contributed by atoms with van der Waals surface area (Å²) in [5.74, 6) is -0.811. The minimum absolute atomic E-state index is 0.0263. The summed E-state index contributed by atoms with van der Waals surface area (Å²) in [7, 11) is 29.5. The van der Waals surface area contributed by atoms with Crippen LogP contribution in [0.2, 0.25) is 0 Å². The molecule has 0 aliphatic rings. The van der Waals surface area contributed by atoms with E-state index in [1.54, 1.807) is 49.2 Å². The van der Waals surface area contributed by atoms with Crippen LogP contribution in [-0.4, -0.2) is 144 Å². The van der Waals surface area contributed by atoms with Crippen molar-refractivity contribution in [2.45, 2.75) is 95.1 Å². The van der Waals surface area contributed by atoms with Gasteiger partial charge < -0.3 is 72.3 Å². The van der Waals surface area contributed by atoms with Gasteiger partial charge in [-0.25, -0.2) is 0 Å². The van der Waals surface area contributed by atoms with Crippen LogP contribution in [0.1, 0.15) is 86.1 Å². The summed E-state index contributed by atoms with van der Waals surface area (Å²) in [6, 6.07) is 39.3. The molecule has 0 heterocycles. The van der Waals surface area contributed by atoms with Crippen LogP contribution in [0, 0.1) is 47.9 Å². The molecule has 7 aromatic carbocycles. The maximum absolute atomic E-state index is 11.3. The van der Waals surface area contributed by atoms with E-state index in [2.05, 4.69) is 76.1 Å². The summed E-state index contributed by atoms with van der Waals surface area (Å²) < 4.78 is 0. The number of nitrogen functional groups attached to an aromatic ring is 3. The number of nitrogens with zero attached hydrogens (tertiary/aromatic N) is 9. The number of carbonyl (C=O) groups is 3. The molecular formula is C74H114N14O9. The Morgan fingerprint density at radius 2 is 0.742 bits per heavy atom. The second-order valence-electron chi connectivity index (χ2n) is 23.6. The molecule has 0 aliphatic carbocycles. The van der Waals surface area contributed by atoms with Crippen LogP contribution >= 0.6 is 0 Å². The summed E-state index contributed by atoms with van der Waals surface area (Å²) in [4.78, 5) is 65.0. The highest BCUT2D eigenvalue weighted by molar-refractivity contribution is 5.91. The number of carboxylic acids is 1. The van der Waals surface area contributed by atoms with Crippen molar-refractivity contribution >= 4 is 91.7 Å². The number of nitrogens with one attached hydrogen (secondary N) is 2. The standard InChI is InChI=1S/C13H20N2O.C12H18N2O.C10H16N2.C9H12N2O2.C9H14N2O.C9H14N2.C8H9NO2.C2H7N.C2H4O2/c1-6-11-9-12(15(5)10(2)16)7-8-13(11)14(3)4;1-5-10-8-11(13-9(2)15)6-7-12(10)14(3)4;1-4-8-7-9(11)5-6-10(8)12(2)3;1-7-6-8(11(12)13)4-5-9(7)10(2)3;1-11(2)9-4-3-8(10)5-7(9)6-12;1-7-6-8(10)4-5-9(7)11(2)3;1-6-3-4-8(9(10)11)5-7(6)2;1-3-2;1-2(3)4/h7-9H,6H2,1-5H3;6-8H,5H2,1-4H3,(H,13,15);5-7H,4,11H2,1-3H3;4-6H,1-3H3;3-5,12H,6,10H2,1-2H3;4-6H,10H2,1-3H3;3-5H,1-2H3;3H,1-2H3;1H3,(H,3,4). The number of carbonyl (C=O) groups excluding carboxylic acids is 2. The number of aryl methyl sites for hydroxylation is 7. The zero-order valence-electron chi connectivity index (χ0n) is 62.5. The van der Waals surface area contributed by atoms with Crippen molar-refractivity contribution in [1.82, 2.24) is 5.32 Å². The summed E-state index contributed by atoms with van der Waals surface area (Å²) in [5, 5.41) is 42.7. The van der Waals surface area contributed by atoms with Gasteiger partial charge in [0.25, 0.3) is 17.3 Å². The lowest BCUT2D eigenvalue weighted by Gasteiger charge is -2.21. The predicted octanol–water partition coefficient (Wildman–Crippen LogP) is 13.0. The fourth-order valence-electron chi connectivity index (χ4n) is 9.04. The minimum atomic E-state index is -0.833. The number of nitro benzene ring substituents is 2. The van der Waals surface area contributed by atoms with E-state index < -0.39 is 5.97 Å². The first-order valence-corrected chi connectivity index (χ1v) is 31.5. The molecule has 0 spiro atoms. The first kappa shape index (κ1) is 88.9. The molecule has 0 bridgehead atoms. The Morgan fingerprint density at radius 3 is 1.08 bits per heavy atom. The number of aliphatic hydroxyl groups excluding tert-OH is 1. The molecule has 0 fully saturated rings. The van der Waals surface area contributed by atoms with Crippen LogP contribution in [0.3, 0.4) is 0 Å². The Bertz CT molecular complexity index is 3490. The molecule has 7 rings (SSSR count). The lowest BCUT2D eigenvalue weighted by Crippen LogP contribution is -2.23. The third-order valence-corrected chi connectivity index (χ3v) is 14.0. The average molecular weight is 1340 g/mol. The zero-order valence-corrected chi connectivity index (χ0v) is 62.5. The third-order valence-electron chi connectivity index (χ3n) is 14.0. The number of anilines is 11. The molecule has 23 heteroatoms. The van der Waals surface area contributed by atoms with Crippen LogP contribution < -0.4 is 62.1 Å². The van der Waals surface area contributed by atoms with Crippen LogP contribution in [-0.2, 0) is 40.3 Å². The SMILES string of the molecule is CC(=O)O.CCc1cc(N(C)C(C)=O)ccc1N(C)C.CCc1cc(N)ccc1N(C)C.CCc1cc(NC(C)=O)ccc1N(C)C.CN(C)c1ccc(N)cc1CO.CNC.Cc1cc(N)ccc1N(C)C.Cc1cc([N+](=O)[O-])ccc1N(C)C.Cc1ccc([N+](=O)[O-])cc1C. The van der Waals surface area contributed by atoms with E-state index in [-0.39, 0.29) is 39.6 Å². The molecule has 0 saturated carbocycles. The Hall–Kier alpha value is -10.1. The molecule has 10 N–H and O–H groups in total. The van der Waals surface area contributed by atoms with Gasteiger partial charge in [0.05, 0.1) is 16.5 Å². The Morgan fingerprint density at radius 1 is 0.433 bits per heavy atom. The van der Waals surface area contributed by atoms with Crippen LogP contribution in [0.5, 0.6) is 0 Å². The highest BCUT2D eigenvalue weighted by Gasteiger charge is 2.12. The monoisotopic (exact) mass is 1340 g/mol. The lowest BCUT2D eigenvalue weighted by molar-refractivity contribution is -0.385. The van der Waals surface area contributed by atoms with E-state index in [1.807, 2.05) is 196 Å². The van der Waals surface area contributed by atoms with Crippen LogP contribution in [0.4, 0.5) is 73.9 Å². The molecule has 534 valence electrons. The van der Waals surface area contributed by atoms with E-state index in [0.717, 1.165) is 82.6 Å². The van der Waals surface area contributed by atoms with Crippen molar-refractivity contribution in [2.75, 3.05) is 163 Å². The molecule has 7 aromatic rings. The van der Waals surface area contributed by atoms with Gasteiger partial charge in [0, 0.05) is 205 Å². The van der Waals surface area contributed by atoms with Crippen molar-refractivity contribution in [3.05, 3.63) is 192 Å². The van der Waals surface area contributed by atoms with Gasteiger partial charge >= 0.3 is 0 Å². The highest BCUT2D eigenvalue weighted by atomic mass is 16.6. The van der Waals surface area contributed by atoms with Gasteiger partial charge in [-0.2, -0.15) is 0 Å². The molecule has 0 aliphatic heterocycles. The van der Waals surface area contributed by atoms with Crippen molar-refractivity contribution in [2.24, 2.45) is 0 Å². The Balaban J connectivity index is 0. The van der Waals surface area contributed by atoms with Crippen LogP contribution in [0.25, 0.3) is 0 Å². The van der Waals surface area contributed by atoms with E-state index in [0.29, 0.717) is 5.69 Å². The molecule has 0 atom stereocenters. The molecule has 2 amide bonds. The summed E-state index contributed by atoms with van der Waals surface area (Å²) in [6.45, 7) is 18.3. The molecule has 0 saturated heterocycles. The van der Waals surface area contributed by atoms with Crippen LogP contribution in [0.15, 0.2) is 127 Å². The highest BCUT2D eigenvalue weighted by Crippen LogP contribution is 2.28. The summed E-state index contributed by atoms with van der Waals surface area (Å²) >= 11 is 0. The van der Waals surface area contributed by atoms with Crippen molar-refractivity contribution < 1.29 is 34.4 Å². The third kappa shape index (κ3) is 34.2. The molecule has 23 nitrogen and oxygen atoms in total. The number of carboxylic acid groups (broad SMARTS) is 1. The average Bonchev–Trinajstić information content (AvgIpc) is 0.941. The number of aliphatic carboxylic acids is 1. The first-order chi connectivity index (χ1) is 45.2. The summed E-state index contributed by atoms with van der Waals surface area (Å²) in [6.07, 6.45) is 2.95. The smallest absolute Gasteiger partial charge is 0.300 e. The molecule has 0 unspecified atom stereocenters. The van der Waals surface area contributed by atoms with E-state index in [1.165, 1.54) is 64.1 Å². The maximum Gasteiger partial charge on any atom is 0.300 e. The predicted molar refractivity (Wildman–Crippen MR) is 412 cm³/mol. The van der Waals surface area contributed by atoms with Gasteiger partial charge in [0.2, 0.25) is 11.8 Å². The quantitative estimate of drug-likeness (QED) is 0.0302. The molecular weight excluding hydrogens is 1230 g/mol. The van der Waals surface area contributed by atoms with Gasteiger partial charge in [-0.15, -0.1) is 0 Å². The number of nitrogens with two attached hydrogens (primary N) is 3. The van der Waals surface area contributed by atoms with E-state index in [4.69, 9.17) is 32.2 Å². The molecule has 97 heavy (non-hydrogen) atoms. The number of hydrogen-bond acceptors (Lipinski definition) is 18. The number of hydrogen-bond donors (Lipinski definition) is 7. The fourth-order valence-corrected chi connectivity index (χ4v) is 9.04. The summed E-state index contributed by atoms with van der Waals surface area (Å²) in [5.41, 5.74) is 37.1. The van der Waals surface area contributed by atoms with Gasteiger partial charge in [0.15, 0.2) is 0 Å². The van der Waals surface area contributed by atoms with Crippen molar-refractivity contribution in [3.8, 4) is 0 Å². The van der Waals surface area contributed by atoms with Gasteiger partial charge in [0.1, 0.15) is 0 Å². The number of benzene rings is 7. The van der Waals surface area contributed by atoms with E-state index in [9.17, 15) is 29.8 Å². The minimum Gasteiger partial charge on any atom is -0.481 e. The lowest BCUT2D eigenvalue weighted by atomic mass is 10.1. The number of non-ortho nitro benzene ring substituents is 2. The Labute approximate surface area is 578 Å². The van der Waals surface area contributed by atoms with Crippen molar-refractivity contribution in [3.63, 3.8) is 0 Å². The van der Waals surface area contributed by atoms with E-state index >= 15 is 0 Å². The number of amides is 2. The zero-order chi connectivity index (χ0) is 75.1. The van der Waals surface area contributed by atoms with Gasteiger partial charge in [-0.3, -0.25) is 34.6 Å². The number of nitro groups is 2. The number of rotatable bonds is 14. The topological polar surface area (TPSA) is 303 Å². The second kappa shape index (κ2) is 46.1. The maximum atomic E-state index is 11.3. The van der Waals surface area contributed by atoms with Gasteiger partial charge in [-0.05, 0) is 197 Å². The largest absolute Gasteiger partial charge is 0.481 e. The molecule has 0 radical (unpaired) electrons. The fraction of sp³-hybridized carbons (Fsp3) is 0.392. The van der Waals surface area contributed by atoms with Crippen molar-refractivity contribution in [1.29, 1.82) is 0 Å².